The number of carbonyl (C=O) groups is 1. The lowest BCUT2D eigenvalue weighted by Gasteiger charge is -2.08. The first-order valence-corrected chi connectivity index (χ1v) is 5.53. The zero-order chi connectivity index (χ0) is 13.1. The highest BCUT2D eigenvalue weighted by molar-refractivity contribution is 5.94. The molecule has 0 amide bonds. The third kappa shape index (κ3) is 2.15. The van der Waals surface area contributed by atoms with Crippen molar-refractivity contribution in [1.29, 1.82) is 0 Å². The lowest BCUT2D eigenvalue weighted by molar-refractivity contribution is 0.0696. The fraction of sp³-hybridized carbons (Fsp3) is 0.154. The van der Waals surface area contributed by atoms with E-state index in [0.29, 0.717) is 12.1 Å². The lowest BCUT2D eigenvalue weighted by Crippen LogP contribution is -2.24. The molecular weight excluding hydrogens is 232 g/mol. The van der Waals surface area contributed by atoms with Gasteiger partial charge in [-0.05, 0) is 6.92 Å². The van der Waals surface area contributed by atoms with Crippen LogP contribution in [0.3, 0.4) is 0 Å². The zero-order valence-electron chi connectivity index (χ0n) is 9.83. The van der Waals surface area contributed by atoms with Crippen LogP contribution in [0.4, 0.5) is 0 Å². The summed E-state index contributed by atoms with van der Waals surface area (Å²) in [6.07, 6.45) is 1.33. The number of nitrogens with zero attached hydrogens (tertiary/aromatic N) is 2. The molecule has 1 heterocycles. The molecule has 1 aromatic carbocycles. The normalized spacial score (nSPS) is 10.3. The Hall–Kier alpha value is -2.43. The first-order valence-electron chi connectivity index (χ1n) is 5.53. The Morgan fingerprint density at radius 2 is 2.00 bits per heavy atom. The van der Waals surface area contributed by atoms with E-state index in [1.807, 2.05) is 6.07 Å². The van der Waals surface area contributed by atoms with Gasteiger partial charge < -0.3 is 5.11 Å². The molecule has 5 nitrogen and oxygen atoms in total. The van der Waals surface area contributed by atoms with Crippen molar-refractivity contribution >= 4 is 5.97 Å². The van der Waals surface area contributed by atoms with Crippen molar-refractivity contribution in [2.45, 2.75) is 13.5 Å². The van der Waals surface area contributed by atoms with E-state index in [4.69, 9.17) is 0 Å². The highest BCUT2D eigenvalue weighted by atomic mass is 16.4. The molecule has 0 bridgehead atoms. The van der Waals surface area contributed by atoms with E-state index in [1.54, 1.807) is 31.2 Å². The second-order valence-electron chi connectivity index (χ2n) is 3.74. The summed E-state index contributed by atoms with van der Waals surface area (Å²) in [7, 11) is 0. The van der Waals surface area contributed by atoms with Crippen LogP contribution >= 0.6 is 0 Å². The number of benzene rings is 1. The van der Waals surface area contributed by atoms with Gasteiger partial charge in [-0.2, -0.15) is 4.98 Å². The maximum atomic E-state index is 11.7. The quantitative estimate of drug-likeness (QED) is 0.890. The van der Waals surface area contributed by atoms with Crippen molar-refractivity contribution in [3.05, 3.63) is 52.6 Å². The van der Waals surface area contributed by atoms with Crippen LogP contribution in [0.1, 0.15) is 17.3 Å². The van der Waals surface area contributed by atoms with Gasteiger partial charge in [-0.1, -0.05) is 30.3 Å². The molecule has 0 aliphatic carbocycles. The third-order valence-electron chi connectivity index (χ3n) is 2.61. The first kappa shape index (κ1) is 12.0. The van der Waals surface area contributed by atoms with Gasteiger partial charge in [-0.3, -0.25) is 4.57 Å². The van der Waals surface area contributed by atoms with Crippen LogP contribution in [-0.4, -0.2) is 20.6 Å². The minimum Gasteiger partial charge on any atom is -0.478 e. The van der Waals surface area contributed by atoms with Crippen molar-refractivity contribution in [1.82, 2.24) is 9.55 Å². The Kier molecular flexibility index (Phi) is 3.23. The minimum atomic E-state index is -1.09. The molecule has 2 aromatic rings. The summed E-state index contributed by atoms with van der Waals surface area (Å²) >= 11 is 0. The Balaban J connectivity index is 2.70. The van der Waals surface area contributed by atoms with Gasteiger partial charge in [0.15, 0.2) is 0 Å². The van der Waals surface area contributed by atoms with Crippen molar-refractivity contribution < 1.29 is 9.90 Å². The summed E-state index contributed by atoms with van der Waals surface area (Å²) < 4.78 is 1.27. The molecular formula is C13H12N2O3. The standard InChI is InChI=1S/C13H12N2O3/c1-2-15-8-10(12(16)17)11(14-13(15)18)9-6-4-3-5-7-9/h3-8H,2H2,1H3,(H,16,17). The van der Waals surface area contributed by atoms with Crippen molar-refractivity contribution in [2.24, 2.45) is 0 Å². The molecule has 1 aromatic heterocycles. The molecule has 0 aliphatic rings. The van der Waals surface area contributed by atoms with Gasteiger partial charge in [-0.25, -0.2) is 9.59 Å². The molecule has 1 N–H and O–H groups in total. The van der Waals surface area contributed by atoms with E-state index in [0.717, 1.165) is 0 Å². The SMILES string of the molecule is CCn1cc(C(=O)O)c(-c2ccccc2)nc1=O. The second kappa shape index (κ2) is 4.83. The predicted octanol–water partition coefficient (Wildman–Crippen LogP) is 1.63. The molecule has 0 spiro atoms. The lowest BCUT2D eigenvalue weighted by atomic mass is 10.1. The summed E-state index contributed by atoms with van der Waals surface area (Å²) in [6, 6.07) is 8.81. The number of hydrogen-bond donors (Lipinski definition) is 1. The van der Waals surface area contributed by atoms with E-state index < -0.39 is 11.7 Å². The summed E-state index contributed by atoms with van der Waals surface area (Å²) in [4.78, 5) is 26.8. The summed E-state index contributed by atoms with van der Waals surface area (Å²) in [5.41, 5.74) is 0.414. The van der Waals surface area contributed by atoms with Gasteiger partial charge in [0.1, 0.15) is 5.56 Å². The summed E-state index contributed by atoms with van der Waals surface area (Å²) in [5, 5.41) is 9.18. The smallest absolute Gasteiger partial charge is 0.348 e. The maximum absolute atomic E-state index is 11.7. The van der Waals surface area contributed by atoms with Crippen molar-refractivity contribution in [3.8, 4) is 11.3 Å². The molecule has 0 radical (unpaired) electrons. The van der Waals surface area contributed by atoms with Crippen LogP contribution in [0.15, 0.2) is 41.3 Å². The topological polar surface area (TPSA) is 72.2 Å². The molecule has 5 heteroatoms. The third-order valence-corrected chi connectivity index (χ3v) is 2.61. The van der Waals surface area contributed by atoms with Gasteiger partial charge in [-0.15, -0.1) is 0 Å². The van der Waals surface area contributed by atoms with E-state index >= 15 is 0 Å². The number of carboxylic acid groups (broad SMARTS) is 1. The number of rotatable bonds is 3. The summed E-state index contributed by atoms with van der Waals surface area (Å²) in [5.74, 6) is -1.09. The number of aromatic nitrogens is 2. The fourth-order valence-corrected chi connectivity index (χ4v) is 1.69. The fourth-order valence-electron chi connectivity index (χ4n) is 1.69. The molecule has 18 heavy (non-hydrogen) atoms. The van der Waals surface area contributed by atoms with Crippen molar-refractivity contribution in [3.63, 3.8) is 0 Å². The highest BCUT2D eigenvalue weighted by Crippen LogP contribution is 2.19. The van der Waals surface area contributed by atoms with Gasteiger partial charge >= 0.3 is 11.7 Å². The van der Waals surface area contributed by atoms with Gasteiger partial charge in [0.25, 0.3) is 0 Å². The van der Waals surface area contributed by atoms with E-state index in [1.165, 1.54) is 10.8 Å². The molecule has 0 aliphatic heterocycles. The minimum absolute atomic E-state index is 0.0302. The van der Waals surface area contributed by atoms with Gasteiger partial charge in [0, 0.05) is 18.3 Å². The Bertz CT molecular complexity index is 632. The van der Waals surface area contributed by atoms with Crippen LogP contribution in [0, 0.1) is 0 Å². The second-order valence-corrected chi connectivity index (χ2v) is 3.74. The van der Waals surface area contributed by atoms with Crippen LogP contribution < -0.4 is 5.69 Å². The predicted molar refractivity (Wildman–Crippen MR) is 66.6 cm³/mol. The Labute approximate surface area is 103 Å². The van der Waals surface area contributed by atoms with E-state index in [2.05, 4.69) is 4.98 Å². The van der Waals surface area contributed by atoms with Crippen LogP contribution in [0.2, 0.25) is 0 Å². The number of aryl methyl sites for hydroxylation is 1. The van der Waals surface area contributed by atoms with Crippen LogP contribution in [-0.2, 0) is 6.54 Å². The van der Waals surface area contributed by atoms with Gasteiger partial charge in [0.2, 0.25) is 0 Å². The molecule has 0 fully saturated rings. The van der Waals surface area contributed by atoms with Crippen molar-refractivity contribution in [2.75, 3.05) is 0 Å². The zero-order valence-corrected chi connectivity index (χ0v) is 9.83. The molecule has 0 saturated carbocycles. The number of aromatic carboxylic acids is 1. The number of hydrogen-bond acceptors (Lipinski definition) is 3. The van der Waals surface area contributed by atoms with E-state index in [9.17, 15) is 14.7 Å². The monoisotopic (exact) mass is 244 g/mol. The summed E-state index contributed by atoms with van der Waals surface area (Å²) in [6.45, 7) is 2.15. The average Bonchev–Trinajstić information content (AvgIpc) is 2.39. The molecule has 0 atom stereocenters. The largest absolute Gasteiger partial charge is 0.478 e. The molecule has 92 valence electrons. The Morgan fingerprint density at radius 1 is 1.33 bits per heavy atom. The molecule has 0 saturated heterocycles. The van der Waals surface area contributed by atoms with E-state index in [-0.39, 0.29) is 11.3 Å². The number of carboxylic acids is 1. The molecule has 2 rings (SSSR count). The highest BCUT2D eigenvalue weighted by Gasteiger charge is 2.15. The average molecular weight is 244 g/mol. The molecule has 0 unspecified atom stereocenters. The van der Waals surface area contributed by atoms with Crippen LogP contribution in [0.25, 0.3) is 11.3 Å². The first-order chi connectivity index (χ1) is 8.63. The van der Waals surface area contributed by atoms with Gasteiger partial charge in [0.05, 0.1) is 5.69 Å². The Morgan fingerprint density at radius 3 is 2.56 bits per heavy atom. The van der Waals surface area contributed by atoms with Crippen LogP contribution in [0.5, 0.6) is 0 Å². The maximum Gasteiger partial charge on any atom is 0.348 e.